The van der Waals surface area contributed by atoms with Crippen LogP contribution in [-0.4, -0.2) is 38.5 Å². The number of rotatable bonds is 12. The topological polar surface area (TPSA) is 0 Å². The molecule has 0 aromatic heterocycles. The van der Waals surface area contributed by atoms with E-state index in [1.807, 2.05) is 29.4 Å². The summed E-state index contributed by atoms with van der Waals surface area (Å²) in [6.45, 7) is 35.7. The van der Waals surface area contributed by atoms with E-state index in [1.54, 1.807) is 0 Å². The summed E-state index contributed by atoms with van der Waals surface area (Å²) in [7, 11) is 0. The van der Waals surface area contributed by atoms with Crippen molar-refractivity contribution in [3.8, 4) is 0 Å². The average Bonchev–Trinajstić information content (AvgIpc) is 3.16. The summed E-state index contributed by atoms with van der Waals surface area (Å²) in [5, 5.41) is 0. The fourth-order valence-electron chi connectivity index (χ4n) is 10.6. The fourth-order valence-corrected chi connectivity index (χ4v) is 39.2. The monoisotopic (exact) mass is 570 g/mol. The molecule has 0 aliphatic carbocycles. The van der Waals surface area contributed by atoms with Gasteiger partial charge < -0.3 is 0 Å². The minimum atomic E-state index is -3.28. The van der Waals surface area contributed by atoms with Crippen molar-refractivity contribution in [1.82, 2.24) is 0 Å². The van der Waals surface area contributed by atoms with Crippen molar-refractivity contribution in [1.29, 1.82) is 0 Å². The van der Waals surface area contributed by atoms with Gasteiger partial charge in [0.1, 0.15) is 0 Å². The van der Waals surface area contributed by atoms with Crippen molar-refractivity contribution in [2.24, 2.45) is 0 Å². The second-order valence-corrected chi connectivity index (χ2v) is 25.8. The van der Waals surface area contributed by atoms with Gasteiger partial charge >= 0.3 is 222 Å². The summed E-state index contributed by atoms with van der Waals surface area (Å²) >= 11 is -3.28. The van der Waals surface area contributed by atoms with Crippen LogP contribution in [0.2, 0.25) is 44.6 Å². The number of allylic oxidation sites excluding steroid dienone is 6. The molecule has 34 heavy (non-hydrogen) atoms. The van der Waals surface area contributed by atoms with Crippen molar-refractivity contribution in [2.75, 3.05) is 0 Å². The Morgan fingerprint density at radius 2 is 1.15 bits per heavy atom. The number of hydrogen-bond donors (Lipinski definition) is 0. The van der Waals surface area contributed by atoms with E-state index in [-0.39, 0.29) is 0 Å². The molecule has 0 aromatic rings. The van der Waals surface area contributed by atoms with Gasteiger partial charge in [0, 0.05) is 0 Å². The Morgan fingerprint density at radius 1 is 0.647 bits per heavy atom. The Kier molecular flexibility index (Phi) is 10.5. The van der Waals surface area contributed by atoms with E-state index < -0.39 is 18.4 Å². The third-order valence-corrected chi connectivity index (χ3v) is 33.2. The first-order chi connectivity index (χ1) is 16.1. The normalized spacial score (nSPS) is 29.2. The quantitative estimate of drug-likeness (QED) is 0.162. The zero-order chi connectivity index (χ0) is 26.1. The second-order valence-electron chi connectivity index (χ2n) is 11.8. The Balaban J connectivity index is 3.26. The van der Waals surface area contributed by atoms with Crippen LogP contribution in [0.25, 0.3) is 0 Å². The van der Waals surface area contributed by atoms with Crippen LogP contribution in [0.15, 0.2) is 29.4 Å². The van der Waals surface area contributed by atoms with Gasteiger partial charge in [-0.25, -0.2) is 0 Å². The molecule has 0 N–H and O–H groups in total. The molecule has 2 heterocycles. The first kappa shape index (κ1) is 30.4. The van der Waals surface area contributed by atoms with Gasteiger partial charge in [-0.2, -0.15) is 0 Å². The molecule has 2 aliphatic rings. The maximum atomic E-state index is 2.83. The van der Waals surface area contributed by atoms with E-state index in [9.17, 15) is 0 Å². The molecule has 4 heteroatoms. The zero-order valence-electron chi connectivity index (χ0n) is 25.6. The van der Waals surface area contributed by atoms with Crippen LogP contribution in [0.4, 0.5) is 0 Å². The Hall–Kier alpha value is 0.214. The van der Waals surface area contributed by atoms with Crippen LogP contribution in [0.3, 0.4) is 0 Å². The van der Waals surface area contributed by atoms with Crippen molar-refractivity contribution in [2.45, 2.75) is 154 Å². The molecule has 2 rings (SSSR count). The standard InChI is InChI=1S/C18H36B2.C12H21B.Sn/c1-9-17(16(8)19(11-3)12-4)15(7)18(10-2)20(13-5)14-6;1-6-11(7-2)12(8-3)13(9-4)10-5;/h9-14H2,1-8H3;6,9-10H2,1-5H3;. The zero-order valence-corrected chi connectivity index (χ0v) is 28.5. The van der Waals surface area contributed by atoms with Crippen LogP contribution in [0.5, 0.6) is 0 Å². The SMILES string of the molecule is CCB(CC)C1=[C](C)[Sn@]2([C](C)=C1CC)[C@@](CC)(B(CC)CC)C(C)=C(CC)[C@@]2(C)B(CC)CC. The summed E-state index contributed by atoms with van der Waals surface area (Å²) < 4.78 is 4.80. The first-order valence-corrected chi connectivity index (χ1v) is 20.9. The van der Waals surface area contributed by atoms with Gasteiger partial charge in [-0.1, -0.05) is 0 Å². The summed E-state index contributed by atoms with van der Waals surface area (Å²) in [6.07, 6.45) is 11.7. The van der Waals surface area contributed by atoms with Crippen molar-refractivity contribution < 1.29 is 0 Å². The summed E-state index contributed by atoms with van der Waals surface area (Å²) in [5.74, 6) is 0. The van der Waals surface area contributed by atoms with Crippen molar-refractivity contribution in [3.63, 3.8) is 0 Å². The number of hydrogen-bond acceptors (Lipinski definition) is 0. The van der Waals surface area contributed by atoms with Crippen LogP contribution in [0.1, 0.15) is 109 Å². The van der Waals surface area contributed by atoms with Gasteiger partial charge in [0.05, 0.1) is 0 Å². The van der Waals surface area contributed by atoms with E-state index in [1.165, 1.54) is 57.2 Å². The van der Waals surface area contributed by atoms with Crippen molar-refractivity contribution in [3.05, 3.63) is 29.4 Å². The molecular weight excluding hydrogens is 511 g/mol. The van der Waals surface area contributed by atoms with E-state index in [4.69, 9.17) is 0 Å². The van der Waals surface area contributed by atoms with Gasteiger partial charge in [-0.05, 0) is 0 Å². The molecule has 0 saturated carbocycles. The third-order valence-electron chi connectivity index (χ3n) is 11.6. The first-order valence-electron chi connectivity index (χ1n) is 15.2. The third kappa shape index (κ3) is 3.61. The van der Waals surface area contributed by atoms with Crippen molar-refractivity contribution >= 4 is 38.5 Å². The van der Waals surface area contributed by atoms with Gasteiger partial charge in [-0.15, -0.1) is 0 Å². The van der Waals surface area contributed by atoms with E-state index in [2.05, 4.69) is 90.0 Å². The molecule has 0 unspecified atom stereocenters. The predicted octanol–water partition coefficient (Wildman–Crippen LogP) is 10.4. The minimum absolute atomic E-state index is 0.401. The van der Waals surface area contributed by atoms with E-state index >= 15 is 0 Å². The van der Waals surface area contributed by atoms with Crippen LogP contribution >= 0.6 is 0 Å². The Morgan fingerprint density at radius 3 is 1.50 bits per heavy atom. The average molecular weight is 569 g/mol. The van der Waals surface area contributed by atoms with E-state index in [0.29, 0.717) is 6.66 Å². The van der Waals surface area contributed by atoms with E-state index in [0.717, 1.165) is 20.1 Å². The summed E-state index contributed by atoms with van der Waals surface area (Å²) in [6, 6.07) is 0. The summed E-state index contributed by atoms with van der Waals surface area (Å²) in [4.78, 5) is 0. The van der Waals surface area contributed by atoms with Crippen LogP contribution < -0.4 is 0 Å². The molecule has 0 fully saturated rings. The molecular formula is C30H57B3Sn. The molecule has 0 nitrogen and oxygen atoms in total. The summed E-state index contributed by atoms with van der Waals surface area (Å²) in [5.41, 5.74) is 7.47. The molecule has 0 bridgehead atoms. The Labute approximate surface area is 220 Å². The molecule has 190 valence electrons. The molecule has 1 spiro atoms. The van der Waals surface area contributed by atoms with Gasteiger partial charge in [-0.3, -0.25) is 0 Å². The molecule has 0 aromatic carbocycles. The Bertz CT molecular complexity index is 828. The molecule has 0 radical (unpaired) electrons. The fraction of sp³-hybridized carbons (Fsp3) is 0.800. The van der Waals surface area contributed by atoms with Gasteiger partial charge in [0.2, 0.25) is 0 Å². The van der Waals surface area contributed by atoms with Crippen LogP contribution in [-0.2, 0) is 0 Å². The predicted molar refractivity (Wildman–Crippen MR) is 166 cm³/mol. The molecule has 3 atom stereocenters. The van der Waals surface area contributed by atoms with Gasteiger partial charge in [0.25, 0.3) is 0 Å². The van der Waals surface area contributed by atoms with Gasteiger partial charge in [0.15, 0.2) is 0 Å². The second kappa shape index (κ2) is 11.7. The molecule has 0 amide bonds. The molecule has 0 saturated heterocycles. The molecule has 2 aliphatic heterocycles. The van der Waals surface area contributed by atoms with Crippen LogP contribution in [0, 0.1) is 0 Å². The maximum absolute atomic E-state index is 3.28.